The van der Waals surface area contributed by atoms with Crippen LogP contribution < -0.4 is 5.32 Å². The number of halogens is 1. The molecule has 4 nitrogen and oxygen atoms in total. The zero-order valence-corrected chi connectivity index (χ0v) is 10.1. The van der Waals surface area contributed by atoms with E-state index in [-0.39, 0.29) is 5.69 Å². The molecule has 2 heterocycles. The number of hydrogen-bond donors (Lipinski definition) is 1. The number of thiazole rings is 1. The quantitative estimate of drug-likeness (QED) is 0.892. The highest BCUT2D eigenvalue weighted by molar-refractivity contribution is 7.15. The minimum atomic E-state index is -0.644. The van der Waals surface area contributed by atoms with Crippen LogP contribution in [0.5, 0.6) is 0 Å². The molecule has 0 saturated heterocycles. The summed E-state index contributed by atoms with van der Waals surface area (Å²) in [6.45, 7) is 3.76. The second-order valence-corrected chi connectivity index (χ2v) is 4.65. The average Bonchev–Trinajstić information content (AvgIpc) is 2.58. The second-order valence-electron chi connectivity index (χ2n) is 3.45. The fourth-order valence-electron chi connectivity index (χ4n) is 1.24. The average molecular weight is 251 g/mol. The van der Waals surface area contributed by atoms with Crippen LogP contribution in [0, 0.1) is 19.7 Å². The van der Waals surface area contributed by atoms with Crippen molar-refractivity contribution < 1.29 is 9.18 Å². The molecule has 0 unspecified atom stereocenters. The SMILES string of the molecule is Cc1nc(NC(=O)c2ncccc2F)sc1C. The van der Waals surface area contributed by atoms with Crippen molar-refractivity contribution in [2.75, 3.05) is 5.32 Å². The third-order valence-electron chi connectivity index (χ3n) is 2.22. The molecule has 17 heavy (non-hydrogen) atoms. The molecule has 0 spiro atoms. The van der Waals surface area contributed by atoms with Gasteiger partial charge in [-0.15, -0.1) is 11.3 Å². The number of rotatable bonds is 2. The summed E-state index contributed by atoms with van der Waals surface area (Å²) in [5.74, 6) is -1.23. The first kappa shape index (κ1) is 11.7. The van der Waals surface area contributed by atoms with E-state index < -0.39 is 11.7 Å². The van der Waals surface area contributed by atoms with Crippen molar-refractivity contribution in [1.82, 2.24) is 9.97 Å². The number of carbonyl (C=O) groups excluding carboxylic acids is 1. The summed E-state index contributed by atoms with van der Waals surface area (Å²) in [5.41, 5.74) is 0.629. The summed E-state index contributed by atoms with van der Waals surface area (Å²) in [7, 11) is 0. The van der Waals surface area contributed by atoms with E-state index in [1.54, 1.807) is 0 Å². The topological polar surface area (TPSA) is 54.9 Å². The Morgan fingerprint density at radius 3 is 2.82 bits per heavy atom. The molecule has 0 aliphatic carbocycles. The van der Waals surface area contributed by atoms with Crippen molar-refractivity contribution >= 4 is 22.4 Å². The number of anilines is 1. The first-order chi connectivity index (χ1) is 8.08. The van der Waals surface area contributed by atoms with Crippen molar-refractivity contribution in [3.63, 3.8) is 0 Å². The monoisotopic (exact) mass is 251 g/mol. The van der Waals surface area contributed by atoms with E-state index in [0.29, 0.717) is 5.13 Å². The molecule has 6 heteroatoms. The summed E-state index contributed by atoms with van der Waals surface area (Å²) in [6, 6.07) is 2.63. The van der Waals surface area contributed by atoms with E-state index in [4.69, 9.17) is 0 Å². The van der Waals surface area contributed by atoms with Gasteiger partial charge in [-0.1, -0.05) is 0 Å². The van der Waals surface area contributed by atoms with Gasteiger partial charge < -0.3 is 0 Å². The fraction of sp³-hybridized carbons (Fsp3) is 0.182. The largest absolute Gasteiger partial charge is 0.296 e. The first-order valence-electron chi connectivity index (χ1n) is 4.94. The van der Waals surface area contributed by atoms with Crippen LogP contribution in [0.2, 0.25) is 0 Å². The molecule has 1 N–H and O–H groups in total. The molecule has 1 amide bonds. The lowest BCUT2D eigenvalue weighted by Crippen LogP contribution is -2.15. The van der Waals surface area contributed by atoms with Crippen molar-refractivity contribution in [3.05, 3.63) is 40.4 Å². The van der Waals surface area contributed by atoms with Crippen LogP contribution in [0.25, 0.3) is 0 Å². The number of nitrogens with one attached hydrogen (secondary N) is 1. The highest BCUT2D eigenvalue weighted by Crippen LogP contribution is 2.21. The van der Waals surface area contributed by atoms with E-state index in [1.807, 2.05) is 13.8 Å². The molecule has 0 aromatic carbocycles. The maximum Gasteiger partial charge on any atom is 0.279 e. The smallest absolute Gasteiger partial charge is 0.279 e. The normalized spacial score (nSPS) is 10.3. The van der Waals surface area contributed by atoms with Gasteiger partial charge in [0.1, 0.15) is 0 Å². The highest BCUT2D eigenvalue weighted by atomic mass is 32.1. The van der Waals surface area contributed by atoms with Crippen molar-refractivity contribution in [3.8, 4) is 0 Å². The molecule has 2 aromatic rings. The minimum Gasteiger partial charge on any atom is -0.296 e. The van der Waals surface area contributed by atoms with Gasteiger partial charge >= 0.3 is 0 Å². The molecule has 0 fully saturated rings. The Labute approximate surface area is 102 Å². The van der Waals surface area contributed by atoms with Crippen LogP contribution in [0.1, 0.15) is 21.1 Å². The Morgan fingerprint density at radius 2 is 2.24 bits per heavy atom. The summed E-state index contributed by atoms with van der Waals surface area (Å²) in [5, 5.41) is 2.98. The Kier molecular flexibility index (Phi) is 3.14. The van der Waals surface area contributed by atoms with E-state index in [9.17, 15) is 9.18 Å². The fourth-order valence-corrected chi connectivity index (χ4v) is 2.04. The highest BCUT2D eigenvalue weighted by Gasteiger charge is 2.14. The zero-order chi connectivity index (χ0) is 12.4. The van der Waals surface area contributed by atoms with E-state index in [0.717, 1.165) is 10.6 Å². The molecular formula is C11H10FN3OS. The summed E-state index contributed by atoms with van der Waals surface area (Å²) in [6.07, 6.45) is 1.37. The number of carbonyl (C=O) groups is 1. The van der Waals surface area contributed by atoms with Crippen LogP contribution in [0.4, 0.5) is 9.52 Å². The van der Waals surface area contributed by atoms with Gasteiger partial charge in [-0.2, -0.15) is 0 Å². The zero-order valence-electron chi connectivity index (χ0n) is 9.32. The van der Waals surface area contributed by atoms with E-state index in [2.05, 4.69) is 15.3 Å². The first-order valence-corrected chi connectivity index (χ1v) is 5.75. The van der Waals surface area contributed by atoms with Gasteiger partial charge in [-0.05, 0) is 26.0 Å². The predicted molar refractivity (Wildman–Crippen MR) is 63.7 cm³/mol. The standard InChI is InChI=1S/C11H10FN3OS/c1-6-7(2)17-11(14-6)15-10(16)9-8(12)4-3-5-13-9/h3-5H,1-2H3,(H,14,15,16). The van der Waals surface area contributed by atoms with Crippen LogP contribution in [-0.4, -0.2) is 15.9 Å². The van der Waals surface area contributed by atoms with Gasteiger partial charge in [0, 0.05) is 11.1 Å². The molecule has 0 atom stereocenters. The number of amides is 1. The molecule has 88 valence electrons. The number of pyridine rings is 1. The second kappa shape index (κ2) is 4.58. The Hall–Kier alpha value is -1.82. The van der Waals surface area contributed by atoms with E-state index >= 15 is 0 Å². The lowest BCUT2D eigenvalue weighted by atomic mass is 10.3. The number of hydrogen-bond acceptors (Lipinski definition) is 4. The molecule has 2 rings (SSSR count). The third-order valence-corrected chi connectivity index (χ3v) is 3.21. The Balaban J connectivity index is 2.20. The lowest BCUT2D eigenvalue weighted by Gasteiger charge is -2.01. The van der Waals surface area contributed by atoms with Crippen LogP contribution >= 0.6 is 11.3 Å². The lowest BCUT2D eigenvalue weighted by molar-refractivity contribution is 0.101. The third kappa shape index (κ3) is 2.47. The predicted octanol–water partition coefficient (Wildman–Crippen LogP) is 2.55. The van der Waals surface area contributed by atoms with Crippen molar-refractivity contribution in [2.45, 2.75) is 13.8 Å². The van der Waals surface area contributed by atoms with E-state index in [1.165, 1.54) is 29.7 Å². The van der Waals surface area contributed by atoms with Gasteiger partial charge in [0.15, 0.2) is 16.6 Å². The summed E-state index contributed by atoms with van der Waals surface area (Å²) >= 11 is 1.35. The molecule has 2 aromatic heterocycles. The number of aryl methyl sites for hydroxylation is 2. The van der Waals surface area contributed by atoms with Crippen LogP contribution in [-0.2, 0) is 0 Å². The van der Waals surface area contributed by atoms with Gasteiger partial charge in [0.2, 0.25) is 0 Å². The van der Waals surface area contributed by atoms with Gasteiger partial charge in [0.25, 0.3) is 5.91 Å². The maximum atomic E-state index is 13.3. The number of aromatic nitrogens is 2. The Morgan fingerprint density at radius 1 is 1.47 bits per heavy atom. The minimum absolute atomic E-state index is 0.224. The van der Waals surface area contributed by atoms with Crippen LogP contribution in [0.3, 0.4) is 0 Å². The molecule has 0 saturated carbocycles. The number of nitrogens with zero attached hydrogens (tertiary/aromatic N) is 2. The van der Waals surface area contributed by atoms with Gasteiger partial charge in [-0.3, -0.25) is 10.1 Å². The summed E-state index contributed by atoms with van der Waals surface area (Å²) < 4.78 is 13.3. The van der Waals surface area contributed by atoms with Crippen molar-refractivity contribution in [2.24, 2.45) is 0 Å². The van der Waals surface area contributed by atoms with Gasteiger partial charge in [-0.25, -0.2) is 14.4 Å². The molecule has 0 bridgehead atoms. The molecule has 0 aliphatic rings. The Bertz CT molecular complexity index is 548. The molecular weight excluding hydrogens is 241 g/mol. The summed E-state index contributed by atoms with van der Waals surface area (Å²) in [4.78, 5) is 20.6. The van der Waals surface area contributed by atoms with Crippen LogP contribution in [0.15, 0.2) is 18.3 Å². The van der Waals surface area contributed by atoms with Gasteiger partial charge in [0.05, 0.1) is 5.69 Å². The molecule has 0 radical (unpaired) electrons. The van der Waals surface area contributed by atoms with Crippen molar-refractivity contribution in [1.29, 1.82) is 0 Å². The maximum absolute atomic E-state index is 13.3. The molecule has 0 aliphatic heterocycles.